The zero-order valence-corrected chi connectivity index (χ0v) is 12.4. The molecule has 126 valence electrons. The molecule has 1 aromatic rings. The number of benzene rings is 1. The fraction of sp³-hybridized carbons (Fsp3) is 0.533. The van der Waals surface area contributed by atoms with E-state index < -0.39 is 29.3 Å². The van der Waals surface area contributed by atoms with E-state index in [0.29, 0.717) is 39.1 Å². The van der Waals surface area contributed by atoms with Crippen LogP contribution in [0.3, 0.4) is 0 Å². The third kappa shape index (κ3) is 3.28. The molecule has 0 unspecified atom stereocenters. The van der Waals surface area contributed by atoms with E-state index in [1.54, 1.807) is 0 Å². The number of amides is 2. The van der Waals surface area contributed by atoms with Crippen LogP contribution in [-0.2, 0) is 9.47 Å². The number of carbonyl (C=O) groups excluding carboxylic acids is 1. The molecule has 1 N–H and O–H groups in total. The molecule has 23 heavy (non-hydrogen) atoms. The molecule has 5 nitrogen and oxygen atoms in total. The van der Waals surface area contributed by atoms with Gasteiger partial charge in [-0.05, 0) is 18.6 Å². The number of ether oxygens (including phenoxy) is 2. The second-order valence-electron chi connectivity index (χ2n) is 5.60. The van der Waals surface area contributed by atoms with Crippen LogP contribution in [0.1, 0.15) is 19.3 Å². The van der Waals surface area contributed by atoms with Gasteiger partial charge in [0.25, 0.3) is 0 Å². The van der Waals surface area contributed by atoms with Crippen molar-refractivity contribution >= 4 is 11.7 Å². The number of halogens is 3. The smallest absolute Gasteiger partial charge is 0.321 e. The third-order valence-corrected chi connectivity index (χ3v) is 4.11. The minimum atomic E-state index is -1.61. The normalized spacial score (nSPS) is 20.6. The van der Waals surface area contributed by atoms with Crippen LogP contribution in [0.25, 0.3) is 0 Å². The second-order valence-corrected chi connectivity index (χ2v) is 5.60. The molecule has 2 amide bonds. The summed E-state index contributed by atoms with van der Waals surface area (Å²) >= 11 is 0. The van der Waals surface area contributed by atoms with Gasteiger partial charge in [0.1, 0.15) is 0 Å². The Morgan fingerprint density at radius 3 is 2.39 bits per heavy atom. The lowest BCUT2D eigenvalue weighted by Crippen LogP contribution is -2.52. The molecule has 2 aliphatic rings. The second kappa shape index (κ2) is 6.37. The Labute approximate surface area is 131 Å². The van der Waals surface area contributed by atoms with Crippen LogP contribution in [0.5, 0.6) is 0 Å². The van der Waals surface area contributed by atoms with Gasteiger partial charge >= 0.3 is 6.03 Å². The molecule has 1 aromatic carbocycles. The Kier molecular flexibility index (Phi) is 4.45. The molecule has 2 saturated heterocycles. The standard InChI is InChI=1S/C15H17F3N2O3/c16-10-2-3-11(13(18)12(10)17)19-14(21)20-6-4-15(5-7-20)22-8-1-9-23-15/h2-3H,1,4-9H2,(H,19,21). The van der Waals surface area contributed by atoms with E-state index >= 15 is 0 Å². The first kappa shape index (κ1) is 16.1. The first-order valence-electron chi connectivity index (χ1n) is 7.48. The summed E-state index contributed by atoms with van der Waals surface area (Å²) in [5, 5.41) is 2.26. The van der Waals surface area contributed by atoms with E-state index in [4.69, 9.17) is 9.47 Å². The van der Waals surface area contributed by atoms with Gasteiger partial charge in [0, 0.05) is 25.9 Å². The van der Waals surface area contributed by atoms with Gasteiger partial charge in [-0.25, -0.2) is 18.0 Å². The highest BCUT2D eigenvalue weighted by atomic mass is 19.2. The summed E-state index contributed by atoms with van der Waals surface area (Å²) in [6.07, 6.45) is 1.88. The van der Waals surface area contributed by atoms with Crippen molar-refractivity contribution in [3.05, 3.63) is 29.6 Å². The monoisotopic (exact) mass is 330 g/mol. The molecule has 0 aliphatic carbocycles. The van der Waals surface area contributed by atoms with Crippen LogP contribution >= 0.6 is 0 Å². The van der Waals surface area contributed by atoms with Crippen molar-refractivity contribution in [3.63, 3.8) is 0 Å². The third-order valence-electron chi connectivity index (χ3n) is 4.11. The van der Waals surface area contributed by atoms with Gasteiger partial charge in [0.2, 0.25) is 0 Å². The minimum Gasteiger partial charge on any atom is -0.350 e. The highest BCUT2D eigenvalue weighted by molar-refractivity contribution is 5.89. The highest BCUT2D eigenvalue weighted by Crippen LogP contribution is 2.31. The van der Waals surface area contributed by atoms with Gasteiger partial charge < -0.3 is 19.7 Å². The van der Waals surface area contributed by atoms with E-state index in [1.165, 1.54) is 4.90 Å². The van der Waals surface area contributed by atoms with E-state index in [0.717, 1.165) is 18.6 Å². The van der Waals surface area contributed by atoms with E-state index in [9.17, 15) is 18.0 Å². The number of nitrogens with one attached hydrogen (secondary N) is 1. The maximum absolute atomic E-state index is 13.6. The summed E-state index contributed by atoms with van der Waals surface area (Å²) < 4.78 is 51.0. The lowest BCUT2D eigenvalue weighted by atomic mass is 10.0. The Morgan fingerprint density at radius 1 is 1.09 bits per heavy atom. The van der Waals surface area contributed by atoms with Crippen molar-refractivity contribution in [1.82, 2.24) is 4.90 Å². The predicted molar refractivity (Wildman–Crippen MR) is 75.4 cm³/mol. The largest absolute Gasteiger partial charge is 0.350 e. The van der Waals surface area contributed by atoms with Gasteiger partial charge in [-0.1, -0.05) is 0 Å². The number of likely N-dealkylation sites (tertiary alicyclic amines) is 1. The van der Waals surface area contributed by atoms with Crippen LogP contribution in [0.15, 0.2) is 12.1 Å². The number of hydrogen-bond donors (Lipinski definition) is 1. The molecule has 3 rings (SSSR count). The Morgan fingerprint density at radius 2 is 1.74 bits per heavy atom. The first-order valence-corrected chi connectivity index (χ1v) is 7.48. The van der Waals surface area contributed by atoms with E-state index in [2.05, 4.69) is 5.32 Å². The Bertz CT molecular complexity index is 596. The fourth-order valence-electron chi connectivity index (χ4n) is 2.77. The van der Waals surface area contributed by atoms with Gasteiger partial charge in [-0.2, -0.15) is 0 Å². The molecular formula is C15H17F3N2O3. The number of nitrogens with zero attached hydrogens (tertiary/aromatic N) is 1. The first-order chi connectivity index (χ1) is 11.0. The van der Waals surface area contributed by atoms with Crippen molar-refractivity contribution in [2.45, 2.75) is 25.0 Å². The van der Waals surface area contributed by atoms with E-state index in [-0.39, 0.29) is 5.69 Å². The Balaban J connectivity index is 1.61. The summed E-state index contributed by atoms with van der Waals surface area (Å²) in [6.45, 7) is 2.01. The number of rotatable bonds is 1. The van der Waals surface area contributed by atoms with Crippen molar-refractivity contribution < 1.29 is 27.4 Å². The van der Waals surface area contributed by atoms with Crippen molar-refractivity contribution in [2.24, 2.45) is 0 Å². The molecule has 0 atom stereocenters. The summed E-state index contributed by atoms with van der Waals surface area (Å²) in [7, 11) is 0. The van der Waals surface area contributed by atoms with Crippen molar-refractivity contribution in [3.8, 4) is 0 Å². The van der Waals surface area contributed by atoms with Crippen LogP contribution in [-0.4, -0.2) is 43.0 Å². The topological polar surface area (TPSA) is 50.8 Å². The summed E-state index contributed by atoms with van der Waals surface area (Å²) in [4.78, 5) is 13.6. The van der Waals surface area contributed by atoms with Crippen LogP contribution < -0.4 is 5.32 Å². The van der Waals surface area contributed by atoms with Gasteiger partial charge in [0.15, 0.2) is 23.2 Å². The molecule has 0 bridgehead atoms. The highest BCUT2D eigenvalue weighted by Gasteiger charge is 2.39. The number of carbonyl (C=O) groups is 1. The predicted octanol–water partition coefficient (Wildman–Crippen LogP) is 2.86. The Hall–Kier alpha value is -1.80. The van der Waals surface area contributed by atoms with Crippen molar-refractivity contribution in [2.75, 3.05) is 31.6 Å². The molecule has 2 fully saturated rings. The van der Waals surface area contributed by atoms with E-state index in [1.807, 2.05) is 0 Å². The molecule has 0 saturated carbocycles. The quantitative estimate of drug-likeness (QED) is 0.806. The average Bonchev–Trinajstić information content (AvgIpc) is 2.57. The van der Waals surface area contributed by atoms with Crippen LogP contribution in [0.2, 0.25) is 0 Å². The summed E-state index contributed by atoms with van der Waals surface area (Å²) in [5.74, 6) is -4.95. The van der Waals surface area contributed by atoms with Gasteiger partial charge in [-0.3, -0.25) is 0 Å². The SMILES string of the molecule is O=C(Nc1ccc(F)c(F)c1F)N1CCC2(CC1)OCCCO2. The zero-order valence-electron chi connectivity index (χ0n) is 12.4. The lowest BCUT2D eigenvalue weighted by molar-refractivity contribution is -0.281. The molecule has 2 aliphatic heterocycles. The maximum Gasteiger partial charge on any atom is 0.321 e. The average molecular weight is 330 g/mol. The molecule has 8 heteroatoms. The molecular weight excluding hydrogens is 313 g/mol. The van der Waals surface area contributed by atoms with Crippen molar-refractivity contribution in [1.29, 1.82) is 0 Å². The molecule has 1 spiro atoms. The number of hydrogen-bond acceptors (Lipinski definition) is 3. The van der Waals surface area contributed by atoms with Gasteiger partial charge in [0.05, 0.1) is 18.9 Å². The molecule has 0 radical (unpaired) electrons. The summed E-state index contributed by atoms with van der Waals surface area (Å²) in [5.41, 5.74) is -0.389. The minimum absolute atomic E-state index is 0.372. The molecule has 0 aromatic heterocycles. The lowest BCUT2D eigenvalue weighted by Gasteiger charge is -2.43. The van der Waals surface area contributed by atoms with Gasteiger partial charge in [-0.15, -0.1) is 0 Å². The van der Waals surface area contributed by atoms with Crippen LogP contribution in [0, 0.1) is 17.5 Å². The number of urea groups is 1. The van der Waals surface area contributed by atoms with Crippen LogP contribution in [0.4, 0.5) is 23.7 Å². The number of anilines is 1. The maximum atomic E-state index is 13.6. The fourth-order valence-corrected chi connectivity index (χ4v) is 2.77. The molecule has 2 heterocycles. The number of piperidine rings is 1. The zero-order chi connectivity index (χ0) is 16.4. The summed E-state index contributed by atoms with van der Waals surface area (Å²) in [6, 6.07) is 1.19.